The van der Waals surface area contributed by atoms with Gasteiger partial charge in [0.1, 0.15) is 11.5 Å². The number of hydrogen-bond donors (Lipinski definition) is 0. The molecular formula is C23H16FN3. The zero-order valence-electron chi connectivity index (χ0n) is 14.7. The van der Waals surface area contributed by atoms with Crippen molar-refractivity contribution in [3.63, 3.8) is 0 Å². The van der Waals surface area contributed by atoms with Crippen LogP contribution in [0.1, 0.15) is 5.56 Å². The molecule has 130 valence electrons. The van der Waals surface area contributed by atoms with E-state index >= 15 is 0 Å². The molecule has 2 aromatic heterocycles. The first-order valence-electron chi connectivity index (χ1n) is 8.80. The van der Waals surface area contributed by atoms with Gasteiger partial charge in [-0.25, -0.2) is 9.07 Å². The molecule has 0 saturated carbocycles. The Morgan fingerprint density at radius 3 is 2.48 bits per heavy atom. The van der Waals surface area contributed by atoms with Crippen molar-refractivity contribution in [1.29, 1.82) is 0 Å². The smallest absolute Gasteiger partial charge is 0.125 e. The highest BCUT2D eigenvalue weighted by Gasteiger charge is 2.17. The Kier molecular flexibility index (Phi) is 3.50. The zero-order chi connectivity index (χ0) is 18.4. The molecule has 0 unspecified atom stereocenters. The van der Waals surface area contributed by atoms with E-state index in [1.165, 1.54) is 17.7 Å². The lowest BCUT2D eigenvalue weighted by molar-refractivity contribution is 0.626. The van der Waals surface area contributed by atoms with Crippen molar-refractivity contribution in [3.8, 4) is 16.9 Å². The van der Waals surface area contributed by atoms with Crippen LogP contribution in [-0.2, 0) is 0 Å². The summed E-state index contributed by atoms with van der Waals surface area (Å²) in [5, 5.41) is 6.80. The zero-order valence-corrected chi connectivity index (χ0v) is 14.7. The molecule has 0 saturated heterocycles. The van der Waals surface area contributed by atoms with Gasteiger partial charge >= 0.3 is 0 Å². The maximum atomic E-state index is 13.9. The van der Waals surface area contributed by atoms with Crippen LogP contribution in [0, 0.1) is 12.7 Å². The highest BCUT2D eigenvalue weighted by Crippen LogP contribution is 2.33. The van der Waals surface area contributed by atoms with Gasteiger partial charge in [0.15, 0.2) is 0 Å². The van der Waals surface area contributed by atoms with Gasteiger partial charge < -0.3 is 0 Å². The van der Waals surface area contributed by atoms with E-state index in [9.17, 15) is 4.39 Å². The summed E-state index contributed by atoms with van der Waals surface area (Å²) in [6, 6.07) is 22.7. The summed E-state index contributed by atoms with van der Waals surface area (Å²) in [5.41, 5.74) is 5.55. The Labute approximate surface area is 155 Å². The lowest BCUT2D eigenvalue weighted by Crippen LogP contribution is -1.97. The Hall–Kier alpha value is -3.53. The first-order valence-corrected chi connectivity index (χ1v) is 8.80. The second-order valence-corrected chi connectivity index (χ2v) is 6.64. The molecule has 0 atom stereocenters. The second kappa shape index (κ2) is 6.02. The fourth-order valence-corrected chi connectivity index (χ4v) is 3.45. The normalized spacial score (nSPS) is 11.3. The molecule has 5 rings (SSSR count). The molecule has 0 bridgehead atoms. The molecule has 4 heteroatoms. The number of benzene rings is 3. The lowest BCUT2D eigenvalue weighted by Gasteiger charge is -2.05. The van der Waals surface area contributed by atoms with Crippen LogP contribution in [0.25, 0.3) is 38.8 Å². The van der Waals surface area contributed by atoms with Crippen LogP contribution in [-0.4, -0.2) is 14.8 Å². The van der Waals surface area contributed by atoms with E-state index in [1.807, 2.05) is 41.2 Å². The molecule has 0 N–H and O–H groups in total. The SMILES string of the molecule is Cc1ccc(-c2nn(-c3cccc(F)c3)c3c2cnc2ccccc23)cc1. The lowest BCUT2D eigenvalue weighted by atomic mass is 10.1. The highest BCUT2D eigenvalue weighted by atomic mass is 19.1. The van der Waals surface area contributed by atoms with Gasteiger partial charge in [0.25, 0.3) is 0 Å². The number of halogens is 1. The van der Waals surface area contributed by atoms with Gasteiger partial charge in [0.2, 0.25) is 0 Å². The van der Waals surface area contributed by atoms with E-state index in [1.54, 1.807) is 6.07 Å². The summed E-state index contributed by atoms with van der Waals surface area (Å²) >= 11 is 0. The van der Waals surface area contributed by atoms with Crippen molar-refractivity contribution >= 4 is 21.8 Å². The maximum absolute atomic E-state index is 13.9. The van der Waals surface area contributed by atoms with Crippen molar-refractivity contribution in [3.05, 3.63) is 90.4 Å². The van der Waals surface area contributed by atoms with Crippen LogP contribution in [0.4, 0.5) is 4.39 Å². The van der Waals surface area contributed by atoms with Crippen LogP contribution in [0.3, 0.4) is 0 Å². The van der Waals surface area contributed by atoms with Crippen LogP contribution < -0.4 is 0 Å². The largest absolute Gasteiger partial charge is 0.255 e. The predicted molar refractivity (Wildman–Crippen MR) is 107 cm³/mol. The molecule has 27 heavy (non-hydrogen) atoms. The molecule has 5 aromatic rings. The minimum Gasteiger partial charge on any atom is -0.255 e. The Balaban J connectivity index is 1.90. The van der Waals surface area contributed by atoms with Crippen molar-refractivity contribution in [2.24, 2.45) is 0 Å². The minimum absolute atomic E-state index is 0.286. The minimum atomic E-state index is -0.286. The van der Waals surface area contributed by atoms with E-state index in [4.69, 9.17) is 5.10 Å². The number of hydrogen-bond acceptors (Lipinski definition) is 2. The van der Waals surface area contributed by atoms with E-state index < -0.39 is 0 Å². The van der Waals surface area contributed by atoms with E-state index in [0.29, 0.717) is 5.69 Å². The van der Waals surface area contributed by atoms with Gasteiger partial charge in [-0.1, -0.05) is 54.1 Å². The standard InChI is InChI=1S/C23H16FN3/c1-15-9-11-16(12-10-15)22-20-14-25-21-8-3-2-7-19(21)23(20)27(26-22)18-6-4-5-17(24)13-18/h2-14H,1H3. The van der Waals surface area contributed by atoms with Gasteiger partial charge in [0.05, 0.1) is 16.7 Å². The molecule has 0 aliphatic rings. The van der Waals surface area contributed by atoms with Gasteiger partial charge in [-0.3, -0.25) is 4.98 Å². The Morgan fingerprint density at radius 2 is 1.67 bits per heavy atom. The third kappa shape index (κ3) is 2.57. The molecule has 0 aliphatic heterocycles. The Morgan fingerprint density at radius 1 is 0.852 bits per heavy atom. The van der Waals surface area contributed by atoms with E-state index in [-0.39, 0.29) is 5.82 Å². The molecule has 2 heterocycles. The fraction of sp³-hybridized carbons (Fsp3) is 0.0435. The molecular weight excluding hydrogens is 337 g/mol. The molecule has 0 spiro atoms. The summed E-state index contributed by atoms with van der Waals surface area (Å²) < 4.78 is 15.7. The highest BCUT2D eigenvalue weighted by molar-refractivity contribution is 6.08. The van der Waals surface area contributed by atoms with Gasteiger partial charge in [-0.05, 0) is 31.2 Å². The third-order valence-corrected chi connectivity index (χ3v) is 4.79. The molecule has 0 fully saturated rings. The summed E-state index contributed by atoms with van der Waals surface area (Å²) in [4.78, 5) is 4.61. The van der Waals surface area contributed by atoms with Crippen LogP contribution in [0.2, 0.25) is 0 Å². The summed E-state index contributed by atoms with van der Waals surface area (Å²) in [6.45, 7) is 2.06. The second-order valence-electron chi connectivity index (χ2n) is 6.64. The van der Waals surface area contributed by atoms with Crippen molar-refractivity contribution < 1.29 is 4.39 Å². The van der Waals surface area contributed by atoms with Crippen LogP contribution in [0.5, 0.6) is 0 Å². The number of rotatable bonds is 2. The van der Waals surface area contributed by atoms with E-state index in [2.05, 4.69) is 36.2 Å². The first-order chi connectivity index (χ1) is 13.2. The van der Waals surface area contributed by atoms with Crippen molar-refractivity contribution in [1.82, 2.24) is 14.8 Å². The number of aromatic nitrogens is 3. The number of para-hydroxylation sites is 1. The van der Waals surface area contributed by atoms with Crippen molar-refractivity contribution in [2.45, 2.75) is 6.92 Å². The molecule has 0 radical (unpaired) electrons. The molecule has 0 amide bonds. The van der Waals surface area contributed by atoms with Crippen LogP contribution >= 0.6 is 0 Å². The average molecular weight is 353 g/mol. The summed E-state index contributed by atoms with van der Waals surface area (Å²) in [7, 11) is 0. The van der Waals surface area contributed by atoms with Crippen molar-refractivity contribution in [2.75, 3.05) is 0 Å². The third-order valence-electron chi connectivity index (χ3n) is 4.79. The maximum Gasteiger partial charge on any atom is 0.125 e. The van der Waals surface area contributed by atoms with E-state index in [0.717, 1.165) is 33.1 Å². The number of aryl methyl sites for hydroxylation is 1. The quantitative estimate of drug-likeness (QED) is 0.408. The van der Waals surface area contributed by atoms with Crippen LogP contribution in [0.15, 0.2) is 79.0 Å². The number of fused-ring (bicyclic) bond motifs is 3. The topological polar surface area (TPSA) is 30.7 Å². The van der Waals surface area contributed by atoms with Gasteiger partial charge in [-0.2, -0.15) is 5.10 Å². The first kappa shape index (κ1) is 15.7. The molecule has 3 nitrogen and oxygen atoms in total. The monoisotopic (exact) mass is 353 g/mol. The molecule has 0 aliphatic carbocycles. The fourth-order valence-electron chi connectivity index (χ4n) is 3.45. The number of pyridine rings is 1. The van der Waals surface area contributed by atoms with Gasteiger partial charge in [0, 0.05) is 22.5 Å². The predicted octanol–water partition coefficient (Wildman–Crippen LogP) is 5.69. The summed E-state index contributed by atoms with van der Waals surface area (Å²) in [6.07, 6.45) is 1.86. The number of nitrogens with zero attached hydrogens (tertiary/aromatic N) is 3. The van der Waals surface area contributed by atoms with Gasteiger partial charge in [-0.15, -0.1) is 0 Å². The summed E-state index contributed by atoms with van der Waals surface area (Å²) in [5.74, 6) is -0.286. The average Bonchev–Trinajstić information content (AvgIpc) is 3.09. The Bertz CT molecular complexity index is 1290. The molecule has 3 aromatic carbocycles.